The quantitative estimate of drug-likeness (QED) is 0.679. The first-order chi connectivity index (χ1) is 9.47. The van der Waals surface area contributed by atoms with Crippen LogP contribution in [0.25, 0.3) is 0 Å². The second-order valence-corrected chi connectivity index (χ2v) is 5.04. The van der Waals surface area contributed by atoms with E-state index in [9.17, 15) is 18.9 Å². The maximum atomic E-state index is 13.4. The third kappa shape index (κ3) is 3.27. The van der Waals surface area contributed by atoms with Gasteiger partial charge in [-0.2, -0.15) is 4.39 Å². The molecule has 0 saturated heterocycles. The van der Waals surface area contributed by atoms with Crippen molar-refractivity contribution in [3.05, 3.63) is 50.0 Å². The van der Waals surface area contributed by atoms with Gasteiger partial charge < -0.3 is 5.32 Å². The van der Waals surface area contributed by atoms with Gasteiger partial charge in [-0.05, 0) is 6.92 Å². The first kappa shape index (κ1) is 14.3. The second-order valence-electron chi connectivity index (χ2n) is 4.10. The molecule has 0 unspecified atom stereocenters. The molecule has 1 aromatic carbocycles. The number of rotatable bonds is 5. The summed E-state index contributed by atoms with van der Waals surface area (Å²) < 4.78 is 26.5. The normalized spacial score (nSPS) is 10.6. The lowest BCUT2D eigenvalue weighted by Crippen LogP contribution is -2.08. The van der Waals surface area contributed by atoms with Crippen molar-refractivity contribution in [2.75, 3.05) is 11.9 Å². The smallest absolute Gasteiger partial charge is 0.327 e. The van der Waals surface area contributed by atoms with Gasteiger partial charge in [-0.15, -0.1) is 11.3 Å². The topological polar surface area (TPSA) is 68.1 Å². The van der Waals surface area contributed by atoms with E-state index in [1.54, 1.807) is 0 Å². The van der Waals surface area contributed by atoms with Gasteiger partial charge in [0, 0.05) is 36.2 Å². The zero-order valence-corrected chi connectivity index (χ0v) is 11.3. The highest BCUT2D eigenvalue weighted by Gasteiger charge is 2.21. The van der Waals surface area contributed by atoms with E-state index in [2.05, 4.69) is 10.3 Å². The number of nitro benzene ring substituents is 1. The number of aryl methyl sites for hydroxylation is 1. The highest BCUT2D eigenvalue weighted by atomic mass is 32.1. The number of anilines is 1. The lowest BCUT2D eigenvalue weighted by atomic mass is 10.2. The average molecular weight is 299 g/mol. The Morgan fingerprint density at radius 1 is 1.45 bits per heavy atom. The van der Waals surface area contributed by atoms with Crippen molar-refractivity contribution in [3.63, 3.8) is 0 Å². The summed E-state index contributed by atoms with van der Waals surface area (Å²) in [6, 6.07) is 1.40. The van der Waals surface area contributed by atoms with E-state index < -0.39 is 22.2 Å². The van der Waals surface area contributed by atoms with Gasteiger partial charge in [0.15, 0.2) is 0 Å². The minimum Gasteiger partial charge on any atom is -0.379 e. The molecular formula is C12H11F2N3O2S. The Balaban J connectivity index is 2.10. The van der Waals surface area contributed by atoms with Crippen LogP contribution in [0.4, 0.5) is 20.2 Å². The highest BCUT2D eigenvalue weighted by Crippen LogP contribution is 2.28. The molecule has 0 spiro atoms. The van der Waals surface area contributed by atoms with E-state index in [-0.39, 0.29) is 5.69 Å². The van der Waals surface area contributed by atoms with Crippen LogP contribution in [0.3, 0.4) is 0 Å². The standard InChI is InChI=1S/C12H11F2N3O2S/c1-7-6-20-11(16-7)2-3-15-10-5-8(13)4-9(14)12(10)17(18)19/h4-6,15H,2-3H2,1H3. The predicted octanol–water partition coefficient (Wildman–Crippen LogP) is 3.29. The lowest BCUT2D eigenvalue weighted by molar-refractivity contribution is -0.386. The van der Waals surface area contributed by atoms with Gasteiger partial charge in [0.2, 0.25) is 5.82 Å². The van der Waals surface area contributed by atoms with Crippen LogP contribution in [0.5, 0.6) is 0 Å². The number of benzene rings is 1. The van der Waals surface area contributed by atoms with Crippen molar-refractivity contribution in [1.82, 2.24) is 4.98 Å². The fraction of sp³-hybridized carbons (Fsp3) is 0.250. The molecule has 20 heavy (non-hydrogen) atoms. The molecule has 0 atom stereocenters. The molecule has 5 nitrogen and oxygen atoms in total. The van der Waals surface area contributed by atoms with E-state index in [1.807, 2.05) is 12.3 Å². The van der Waals surface area contributed by atoms with Gasteiger partial charge in [0.25, 0.3) is 0 Å². The van der Waals surface area contributed by atoms with Crippen molar-refractivity contribution < 1.29 is 13.7 Å². The summed E-state index contributed by atoms with van der Waals surface area (Å²) in [6.45, 7) is 2.16. The van der Waals surface area contributed by atoms with Crippen LogP contribution in [-0.4, -0.2) is 16.5 Å². The number of nitrogens with zero attached hydrogens (tertiary/aromatic N) is 2. The molecule has 0 fully saturated rings. The summed E-state index contributed by atoms with van der Waals surface area (Å²) in [7, 11) is 0. The predicted molar refractivity (Wildman–Crippen MR) is 72.1 cm³/mol. The fourth-order valence-corrected chi connectivity index (χ4v) is 2.48. The van der Waals surface area contributed by atoms with Gasteiger partial charge in [-0.1, -0.05) is 0 Å². The first-order valence-corrected chi connectivity index (χ1v) is 6.63. The SMILES string of the molecule is Cc1csc(CCNc2cc(F)cc(F)c2[N+](=O)[O-])n1. The van der Waals surface area contributed by atoms with Gasteiger partial charge in [0.1, 0.15) is 11.5 Å². The molecule has 2 rings (SSSR count). The maximum absolute atomic E-state index is 13.4. The third-order valence-corrected chi connectivity index (χ3v) is 3.56. The minimum atomic E-state index is -1.19. The second kappa shape index (κ2) is 5.91. The Labute approximate surface area is 117 Å². The first-order valence-electron chi connectivity index (χ1n) is 5.75. The van der Waals surface area contributed by atoms with E-state index >= 15 is 0 Å². The molecule has 2 aromatic rings. The number of hydrogen-bond acceptors (Lipinski definition) is 5. The summed E-state index contributed by atoms with van der Waals surface area (Å²) in [4.78, 5) is 14.1. The number of aromatic nitrogens is 1. The lowest BCUT2D eigenvalue weighted by Gasteiger charge is -2.07. The highest BCUT2D eigenvalue weighted by molar-refractivity contribution is 7.09. The van der Waals surface area contributed by atoms with Crippen LogP contribution >= 0.6 is 11.3 Å². The van der Waals surface area contributed by atoms with Crippen molar-refractivity contribution in [2.24, 2.45) is 0 Å². The summed E-state index contributed by atoms with van der Waals surface area (Å²) in [5.41, 5.74) is -0.0183. The van der Waals surface area contributed by atoms with Crippen LogP contribution in [-0.2, 0) is 6.42 Å². The number of nitro groups is 1. The van der Waals surface area contributed by atoms with Crippen LogP contribution in [0.1, 0.15) is 10.7 Å². The number of hydrogen-bond donors (Lipinski definition) is 1. The van der Waals surface area contributed by atoms with Gasteiger partial charge >= 0.3 is 5.69 Å². The molecule has 106 valence electrons. The van der Waals surface area contributed by atoms with Crippen LogP contribution in [0.15, 0.2) is 17.5 Å². The van der Waals surface area contributed by atoms with Crippen LogP contribution in [0, 0.1) is 28.7 Å². The number of halogens is 2. The molecule has 0 aliphatic rings. The van der Waals surface area contributed by atoms with E-state index in [4.69, 9.17) is 0 Å². The molecule has 0 aliphatic heterocycles. The van der Waals surface area contributed by atoms with Crippen molar-refractivity contribution >= 4 is 22.7 Å². The molecule has 0 saturated carbocycles. The Bertz CT molecular complexity index is 646. The summed E-state index contributed by atoms with van der Waals surface area (Å²) >= 11 is 1.47. The monoisotopic (exact) mass is 299 g/mol. The van der Waals surface area contributed by atoms with Crippen molar-refractivity contribution in [2.45, 2.75) is 13.3 Å². The molecule has 1 heterocycles. The molecule has 0 bridgehead atoms. The van der Waals surface area contributed by atoms with Gasteiger partial charge in [0.05, 0.1) is 9.93 Å². The molecule has 0 amide bonds. The average Bonchev–Trinajstić information content (AvgIpc) is 2.73. The van der Waals surface area contributed by atoms with E-state index in [0.717, 1.165) is 16.8 Å². The fourth-order valence-electron chi connectivity index (χ4n) is 1.71. The van der Waals surface area contributed by atoms with Crippen LogP contribution < -0.4 is 5.32 Å². The van der Waals surface area contributed by atoms with E-state index in [0.29, 0.717) is 19.0 Å². The molecule has 8 heteroatoms. The largest absolute Gasteiger partial charge is 0.379 e. The molecule has 0 radical (unpaired) electrons. The molecule has 1 aromatic heterocycles. The number of nitrogens with one attached hydrogen (secondary N) is 1. The minimum absolute atomic E-state index is 0.166. The Kier molecular flexibility index (Phi) is 4.23. The zero-order chi connectivity index (χ0) is 14.7. The Hall–Kier alpha value is -2.09. The summed E-state index contributed by atoms with van der Waals surface area (Å²) in [6.07, 6.45) is 0.522. The Morgan fingerprint density at radius 2 is 2.20 bits per heavy atom. The van der Waals surface area contributed by atoms with Crippen molar-refractivity contribution in [3.8, 4) is 0 Å². The Morgan fingerprint density at radius 3 is 2.80 bits per heavy atom. The summed E-state index contributed by atoms with van der Waals surface area (Å²) in [5.74, 6) is -2.05. The zero-order valence-electron chi connectivity index (χ0n) is 10.5. The van der Waals surface area contributed by atoms with Crippen LogP contribution in [0.2, 0.25) is 0 Å². The molecule has 1 N–H and O–H groups in total. The third-order valence-electron chi connectivity index (χ3n) is 2.53. The molecule has 0 aliphatic carbocycles. The maximum Gasteiger partial charge on any atom is 0.327 e. The number of thiazole rings is 1. The van der Waals surface area contributed by atoms with Gasteiger partial charge in [-0.3, -0.25) is 10.1 Å². The molecular weight excluding hydrogens is 288 g/mol. The summed E-state index contributed by atoms with van der Waals surface area (Å²) in [5, 5.41) is 16.2. The van der Waals surface area contributed by atoms with Gasteiger partial charge in [-0.25, -0.2) is 9.37 Å². The van der Waals surface area contributed by atoms with E-state index in [1.165, 1.54) is 11.3 Å². The van der Waals surface area contributed by atoms with Crippen molar-refractivity contribution in [1.29, 1.82) is 0 Å².